The van der Waals surface area contributed by atoms with Gasteiger partial charge in [-0.05, 0) is 105 Å². The second-order valence-electron chi connectivity index (χ2n) is 12.7. The molecule has 4 heterocycles. The second-order valence-corrected chi connectivity index (χ2v) is 13.6. The number of carboxylic acids is 1. The van der Waals surface area contributed by atoms with Crippen LogP contribution in [0.1, 0.15) is 73.4 Å². The Balaban J connectivity index is 1.09. The Morgan fingerprint density at radius 2 is 1.50 bits per heavy atom. The number of piperidine rings is 3. The first kappa shape index (κ1) is 30.9. The van der Waals surface area contributed by atoms with Crippen LogP contribution in [0.2, 0.25) is 10.0 Å². The Bertz CT molecular complexity index is 1460. The van der Waals surface area contributed by atoms with Crippen molar-refractivity contribution in [1.29, 1.82) is 0 Å². The van der Waals surface area contributed by atoms with E-state index in [-0.39, 0.29) is 23.6 Å². The molecule has 1 aromatic carbocycles. The van der Waals surface area contributed by atoms with Gasteiger partial charge in [0.15, 0.2) is 0 Å². The van der Waals surface area contributed by atoms with Crippen molar-refractivity contribution in [3.05, 3.63) is 62.9 Å². The zero-order valence-electron chi connectivity index (χ0n) is 24.8. The number of aromatic nitrogens is 1. The van der Waals surface area contributed by atoms with E-state index in [1.54, 1.807) is 23.2 Å². The van der Waals surface area contributed by atoms with Crippen LogP contribution in [0.3, 0.4) is 0 Å². The highest BCUT2D eigenvalue weighted by atomic mass is 35.5. The molecule has 1 atom stereocenters. The van der Waals surface area contributed by atoms with Crippen molar-refractivity contribution in [3.8, 4) is 0 Å². The molecule has 9 nitrogen and oxygen atoms in total. The van der Waals surface area contributed by atoms with E-state index in [1.807, 2.05) is 23.1 Å². The van der Waals surface area contributed by atoms with Gasteiger partial charge in [0.2, 0.25) is 5.91 Å². The van der Waals surface area contributed by atoms with E-state index in [0.29, 0.717) is 58.6 Å². The maximum absolute atomic E-state index is 13.1. The number of rotatable bonds is 5. The van der Waals surface area contributed by atoms with Crippen LogP contribution in [-0.2, 0) is 9.59 Å². The first-order valence-electron chi connectivity index (χ1n) is 15.6. The zero-order chi connectivity index (χ0) is 31.0. The van der Waals surface area contributed by atoms with Gasteiger partial charge >= 0.3 is 12.0 Å². The van der Waals surface area contributed by atoms with Crippen molar-refractivity contribution >= 4 is 52.8 Å². The number of hydrogen-bond donors (Lipinski definition) is 2. The number of fused-ring (bicyclic) bond motifs is 2. The number of likely N-dealkylation sites (tertiary alicyclic amines) is 3. The number of benzene rings is 1. The van der Waals surface area contributed by atoms with Crippen LogP contribution in [0.5, 0.6) is 0 Å². The van der Waals surface area contributed by atoms with E-state index in [2.05, 4.69) is 4.90 Å². The molecular formula is C33H39Cl2N5O4. The summed E-state index contributed by atoms with van der Waals surface area (Å²) in [5, 5.41) is 11.1. The highest BCUT2D eigenvalue weighted by Gasteiger charge is 2.37. The van der Waals surface area contributed by atoms with Crippen LogP contribution in [0.4, 0.5) is 4.79 Å². The number of halogens is 2. The van der Waals surface area contributed by atoms with E-state index in [0.717, 1.165) is 75.8 Å². The molecule has 3 fully saturated rings. The van der Waals surface area contributed by atoms with Crippen molar-refractivity contribution in [1.82, 2.24) is 19.7 Å². The monoisotopic (exact) mass is 639 g/mol. The highest BCUT2D eigenvalue weighted by molar-refractivity contribution is 6.32. The van der Waals surface area contributed by atoms with Crippen LogP contribution in [0.15, 0.2) is 30.5 Å². The smallest absolute Gasteiger partial charge is 0.336 e. The first-order chi connectivity index (χ1) is 21.2. The maximum atomic E-state index is 13.1. The summed E-state index contributed by atoms with van der Waals surface area (Å²) >= 11 is 12.7. The van der Waals surface area contributed by atoms with E-state index in [4.69, 9.17) is 33.9 Å². The van der Waals surface area contributed by atoms with Gasteiger partial charge in [-0.2, -0.15) is 0 Å². The Kier molecular flexibility index (Phi) is 9.17. The largest absolute Gasteiger partial charge is 0.478 e. The van der Waals surface area contributed by atoms with Gasteiger partial charge < -0.3 is 20.6 Å². The molecule has 6 rings (SSSR count). The van der Waals surface area contributed by atoms with Gasteiger partial charge in [0.25, 0.3) is 0 Å². The number of urea groups is 1. The molecule has 1 aromatic heterocycles. The molecule has 3 amide bonds. The average molecular weight is 641 g/mol. The fourth-order valence-corrected chi connectivity index (χ4v) is 8.07. The molecule has 1 unspecified atom stereocenters. The van der Waals surface area contributed by atoms with Crippen LogP contribution in [0, 0.1) is 17.8 Å². The number of carbonyl (C=O) groups is 3. The molecule has 44 heavy (non-hydrogen) atoms. The summed E-state index contributed by atoms with van der Waals surface area (Å²) in [5.74, 6) is 0.706. The molecule has 0 bridgehead atoms. The fraction of sp³-hybridized carbons (Fsp3) is 0.515. The third-order valence-corrected chi connectivity index (χ3v) is 10.6. The summed E-state index contributed by atoms with van der Waals surface area (Å²) in [4.78, 5) is 47.6. The lowest BCUT2D eigenvalue weighted by molar-refractivity contribution is -0.134. The molecule has 3 saturated heterocycles. The number of amides is 3. The lowest BCUT2D eigenvalue weighted by atomic mass is 9.78. The highest BCUT2D eigenvalue weighted by Crippen LogP contribution is 2.43. The summed E-state index contributed by atoms with van der Waals surface area (Å²) in [6.45, 7) is 4.63. The molecule has 3 aliphatic heterocycles. The SMILES string of the molecule is NC(=O)N1CCC(CC(=O)N2CCC(C3CCN(C4c5ccc(Cl)cc5C=C(C(=O)O)c5cc(Cl)cnc54)CC3)CC2)CC1. The predicted molar refractivity (Wildman–Crippen MR) is 170 cm³/mol. The molecule has 11 heteroatoms. The number of primary amides is 1. The summed E-state index contributed by atoms with van der Waals surface area (Å²) < 4.78 is 0. The fourth-order valence-electron chi connectivity index (χ4n) is 7.73. The molecule has 4 aliphatic rings. The molecule has 234 valence electrons. The maximum Gasteiger partial charge on any atom is 0.336 e. The molecule has 3 N–H and O–H groups in total. The van der Waals surface area contributed by atoms with Crippen molar-refractivity contribution in [2.75, 3.05) is 39.3 Å². The summed E-state index contributed by atoms with van der Waals surface area (Å²) in [7, 11) is 0. The van der Waals surface area contributed by atoms with Crippen LogP contribution in [0.25, 0.3) is 11.6 Å². The number of carboxylic acid groups (broad SMARTS) is 1. The number of carbonyl (C=O) groups excluding carboxylic acids is 2. The third kappa shape index (κ3) is 6.46. The molecule has 0 spiro atoms. The lowest BCUT2D eigenvalue weighted by Crippen LogP contribution is -2.45. The number of nitrogens with zero attached hydrogens (tertiary/aromatic N) is 4. The van der Waals surface area contributed by atoms with Crippen molar-refractivity contribution in [2.24, 2.45) is 23.5 Å². The molecule has 1 aliphatic carbocycles. The number of aliphatic carboxylic acids is 1. The van der Waals surface area contributed by atoms with Gasteiger partial charge in [-0.1, -0.05) is 29.3 Å². The number of pyridine rings is 1. The van der Waals surface area contributed by atoms with Crippen molar-refractivity contribution in [2.45, 2.75) is 51.0 Å². The van der Waals surface area contributed by atoms with Gasteiger partial charge in [-0.3, -0.25) is 14.7 Å². The minimum Gasteiger partial charge on any atom is -0.478 e. The topological polar surface area (TPSA) is 120 Å². The molecule has 0 radical (unpaired) electrons. The second kappa shape index (κ2) is 13.1. The van der Waals surface area contributed by atoms with E-state index in [1.165, 1.54) is 0 Å². The lowest BCUT2D eigenvalue weighted by Gasteiger charge is -2.43. The van der Waals surface area contributed by atoms with Crippen LogP contribution < -0.4 is 5.73 Å². The summed E-state index contributed by atoms with van der Waals surface area (Å²) in [6, 6.07) is 6.79. The first-order valence-corrected chi connectivity index (χ1v) is 16.4. The van der Waals surface area contributed by atoms with Gasteiger partial charge in [0.05, 0.1) is 22.3 Å². The number of hydrogen-bond acceptors (Lipinski definition) is 5. The summed E-state index contributed by atoms with van der Waals surface area (Å²) in [5.41, 5.74) is 8.58. The Hall–Kier alpha value is -3.14. The minimum absolute atomic E-state index is 0.160. The normalized spacial score (nSPS) is 22.1. The van der Waals surface area contributed by atoms with E-state index < -0.39 is 5.97 Å². The van der Waals surface area contributed by atoms with Gasteiger partial charge in [0, 0.05) is 49.4 Å². The Morgan fingerprint density at radius 1 is 0.864 bits per heavy atom. The average Bonchev–Trinajstić information content (AvgIpc) is 3.15. The van der Waals surface area contributed by atoms with Crippen LogP contribution in [-0.4, -0.2) is 82.0 Å². The Labute approximate surface area is 268 Å². The van der Waals surface area contributed by atoms with Gasteiger partial charge in [0.1, 0.15) is 0 Å². The predicted octanol–water partition coefficient (Wildman–Crippen LogP) is 5.55. The summed E-state index contributed by atoms with van der Waals surface area (Å²) in [6.07, 6.45) is 9.64. The van der Waals surface area contributed by atoms with Gasteiger partial charge in [-0.15, -0.1) is 0 Å². The Morgan fingerprint density at radius 3 is 2.14 bits per heavy atom. The number of nitrogens with two attached hydrogens (primary N) is 1. The molecule has 0 saturated carbocycles. The molecule has 2 aromatic rings. The zero-order valence-corrected chi connectivity index (χ0v) is 26.3. The molecular weight excluding hydrogens is 601 g/mol. The standard InChI is InChI=1S/C33H39Cl2N5O4/c34-24-1-2-26-23(16-24)17-28(32(42)43)27-18-25(35)19-37-30(27)31(26)39-13-7-22(8-14-39)21-5-11-38(12-6-21)29(41)15-20-3-9-40(10-4-20)33(36)44/h1-2,16-22,31H,3-15H2,(H2,36,44)(H,42,43). The van der Waals surface area contributed by atoms with Crippen LogP contribution >= 0.6 is 23.2 Å². The third-order valence-electron chi connectivity index (χ3n) is 10.2. The minimum atomic E-state index is -1.03. The van der Waals surface area contributed by atoms with Crippen molar-refractivity contribution < 1.29 is 19.5 Å². The van der Waals surface area contributed by atoms with E-state index in [9.17, 15) is 19.5 Å². The van der Waals surface area contributed by atoms with Crippen molar-refractivity contribution in [3.63, 3.8) is 0 Å². The quantitative estimate of drug-likeness (QED) is 0.443. The van der Waals surface area contributed by atoms with E-state index >= 15 is 0 Å². The van der Waals surface area contributed by atoms with Gasteiger partial charge in [-0.25, -0.2) is 9.59 Å².